The Bertz CT molecular complexity index is 812. The lowest BCUT2D eigenvalue weighted by Crippen LogP contribution is -2.28. The van der Waals surface area contributed by atoms with Gasteiger partial charge in [-0.3, -0.25) is 4.79 Å². The minimum Gasteiger partial charge on any atom is -0.484 e. The summed E-state index contributed by atoms with van der Waals surface area (Å²) in [6.45, 7) is 3.26. The molecule has 0 atom stereocenters. The summed E-state index contributed by atoms with van der Waals surface area (Å²) in [6.07, 6.45) is 4.19. The maximum absolute atomic E-state index is 11.9. The van der Waals surface area contributed by atoms with Gasteiger partial charge >= 0.3 is 0 Å². The average Bonchev–Trinajstić information content (AvgIpc) is 3.19. The zero-order chi connectivity index (χ0) is 18.2. The molecule has 26 heavy (non-hydrogen) atoms. The molecule has 0 aliphatic rings. The number of carbonyl (C=O) groups is 1. The molecule has 0 radical (unpaired) electrons. The Hall–Kier alpha value is -3.15. The molecule has 1 heterocycles. The summed E-state index contributed by atoms with van der Waals surface area (Å²) >= 11 is 0. The van der Waals surface area contributed by atoms with Gasteiger partial charge in [0.1, 0.15) is 18.4 Å². The third kappa shape index (κ3) is 5.17. The summed E-state index contributed by atoms with van der Waals surface area (Å²) in [5, 5.41) is 6.95. The predicted molar refractivity (Wildman–Crippen MR) is 98.7 cm³/mol. The van der Waals surface area contributed by atoms with Crippen molar-refractivity contribution >= 4 is 5.91 Å². The van der Waals surface area contributed by atoms with Gasteiger partial charge in [0.25, 0.3) is 5.91 Å². The van der Waals surface area contributed by atoms with Crippen LogP contribution < -0.4 is 10.1 Å². The summed E-state index contributed by atoms with van der Waals surface area (Å²) in [4.78, 5) is 15.9. The fourth-order valence-electron chi connectivity index (χ4n) is 2.49. The van der Waals surface area contributed by atoms with Crippen molar-refractivity contribution in [1.82, 2.24) is 20.1 Å². The van der Waals surface area contributed by atoms with Crippen LogP contribution in [-0.2, 0) is 24.3 Å². The summed E-state index contributed by atoms with van der Waals surface area (Å²) in [5.74, 6) is 0.561. The molecule has 6 nitrogen and oxygen atoms in total. The lowest BCUT2D eigenvalue weighted by Gasteiger charge is -2.09. The molecule has 134 valence electrons. The Kier molecular flexibility index (Phi) is 5.98. The van der Waals surface area contributed by atoms with Crippen LogP contribution in [0.3, 0.4) is 0 Å². The SMILES string of the molecule is CCc1ccc(OCC(=O)NCc2ccc(Cn3cncn3)cc2)cc1. The number of amides is 1. The molecule has 1 amide bonds. The van der Waals surface area contributed by atoms with E-state index >= 15 is 0 Å². The van der Waals surface area contributed by atoms with Crippen LogP contribution in [0.2, 0.25) is 0 Å². The number of benzene rings is 2. The molecule has 0 saturated heterocycles. The lowest BCUT2D eigenvalue weighted by atomic mass is 10.1. The van der Waals surface area contributed by atoms with Gasteiger partial charge in [0.15, 0.2) is 6.61 Å². The van der Waals surface area contributed by atoms with E-state index in [1.165, 1.54) is 11.9 Å². The Labute approximate surface area is 152 Å². The number of aryl methyl sites for hydroxylation is 1. The van der Waals surface area contributed by atoms with Crippen LogP contribution in [0, 0.1) is 0 Å². The van der Waals surface area contributed by atoms with Gasteiger partial charge in [-0.2, -0.15) is 5.10 Å². The highest BCUT2D eigenvalue weighted by molar-refractivity contribution is 5.77. The molecule has 3 aromatic rings. The van der Waals surface area contributed by atoms with Gasteiger partial charge in [-0.15, -0.1) is 0 Å². The van der Waals surface area contributed by atoms with Crippen molar-refractivity contribution in [3.63, 3.8) is 0 Å². The molecule has 0 bridgehead atoms. The molecular weight excluding hydrogens is 328 g/mol. The second-order valence-corrected chi connectivity index (χ2v) is 5.97. The van der Waals surface area contributed by atoms with Gasteiger partial charge in [0, 0.05) is 6.54 Å². The highest BCUT2D eigenvalue weighted by atomic mass is 16.5. The summed E-state index contributed by atoms with van der Waals surface area (Å²) in [6, 6.07) is 15.8. The number of ether oxygens (including phenoxy) is 1. The summed E-state index contributed by atoms with van der Waals surface area (Å²) in [7, 11) is 0. The van der Waals surface area contributed by atoms with Crippen LogP contribution in [-0.4, -0.2) is 27.3 Å². The van der Waals surface area contributed by atoms with E-state index in [-0.39, 0.29) is 12.5 Å². The Morgan fingerprint density at radius 2 is 1.73 bits per heavy atom. The smallest absolute Gasteiger partial charge is 0.258 e. The highest BCUT2D eigenvalue weighted by Gasteiger charge is 2.04. The summed E-state index contributed by atoms with van der Waals surface area (Å²) in [5.41, 5.74) is 3.41. The Morgan fingerprint density at radius 1 is 1.04 bits per heavy atom. The van der Waals surface area contributed by atoms with E-state index in [0.29, 0.717) is 18.8 Å². The monoisotopic (exact) mass is 350 g/mol. The predicted octanol–water partition coefficient (Wildman–Crippen LogP) is 2.58. The number of carbonyl (C=O) groups excluding carboxylic acids is 1. The quantitative estimate of drug-likeness (QED) is 0.678. The first kappa shape index (κ1) is 17.7. The number of hydrogen-bond donors (Lipinski definition) is 1. The second kappa shape index (κ2) is 8.80. The molecular formula is C20H22N4O2. The second-order valence-electron chi connectivity index (χ2n) is 5.97. The van der Waals surface area contributed by atoms with Gasteiger partial charge in [0.05, 0.1) is 6.54 Å². The van der Waals surface area contributed by atoms with E-state index in [0.717, 1.165) is 17.5 Å². The molecule has 0 aliphatic carbocycles. The van der Waals surface area contributed by atoms with Crippen LogP contribution in [0.4, 0.5) is 0 Å². The maximum atomic E-state index is 11.9. The standard InChI is InChI=1S/C20H22N4O2/c1-2-16-7-9-19(10-8-16)26-13-20(25)22-11-17-3-5-18(6-4-17)12-24-15-21-14-23-24/h3-10,14-15H,2,11-13H2,1H3,(H,22,25). The van der Waals surface area contributed by atoms with Gasteiger partial charge in [-0.1, -0.05) is 43.3 Å². The molecule has 0 fully saturated rings. The fraction of sp³-hybridized carbons (Fsp3) is 0.250. The minimum atomic E-state index is -0.142. The number of nitrogens with one attached hydrogen (secondary N) is 1. The topological polar surface area (TPSA) is 69.0 Å². The molecule has 0 aliphatic heterocycles. The third-order valence-electron chi connectivity index (χ3n) is 4.03. The first-order chi connectivity index (χ1) is 12.7. The van der Waals surface area contributed by atoms with E-state index in [4.69, 9.17) is 4.74 Å². The zero-order valence-electron chi connectivity index (χ0n) is 14.8. The van der Waals surface area contributed by atoms with Crippen LogP contribution in [0.15, 0.2) is 61.2 Å². The normalized spacial score (nSPS) is 10.5. The largest absolute Gasteiger partial charge is 0.484 e. The molecule has 0 saturated carbocycles. The molecule has 3 rings (SSSR count). The van der Waals surface area contributed by atoms with Crippen molar-refractivity contribution in [1.29, 1.82) is 0 Å². The minimum absolute atomic E-state index is 0.00978. The van der Waals surface area contributed by atoms with E-state index in [1.807, 2.05) is 48.5 Å². The molecule has 0 spiro atoms. The van der Waals surface area contributed by atoms with Crippen LogP contribution in [0.1, 0.15) is 23.6 Å². The van der Waals surface area contributed by atoms with Gasteiger partial charge in [-0.25, -0.2) is 9.67 Å². The molecule has 1 N–H and O–H groups in total. The van der Waals surface area contributed by atoms with Crippen LogP contribution >= 0.6 is 0 Å². The number of rotatable bonds is 8. The molecule has 6 heteroatoms. The molecule has 0 unspecified atom stereocenters. The zero-order valence-corrected chi connectivity index (χ0v) is 14.8. The van der Waals surface area contributed by atoms with Gasteiger partial charge in [0.2, 0.25) is 0 Å². The first-order valence-electron chi connectivity index (χ1n) is 8.61. The van der Waals surface area contributed by atoms with Crippen LogP contribution in [0.25, 0.3) is 0 Å². The van der Waals surface area contributed by atoms with Gasteiger partial charge < -0.3 is 10.1 Å². The molecule has 1 aromatic heterocycles. The molecule has 2 aromatic carbocycles. The van der Waals surface area contributed by atoms with Crippen molar-refractivity contribution in [2.24, 2.45) is 0 Å². The Morgan fingerprint density at radius 3 is 2.38 bits per heavy atom. The lowest BCUT2D eigenvalue weighted by molar-refractivity contribution is -0.123. The maximum Gasteiger partial charge on any atom is 0.258 e. The first-order valence-corrected chi connectivity index (χ1v) is 8.61. The number of aromatic nitrogens is 3. The van der Waals surface area contributed by atoms with Crippen molar-refractivity contribution in [3.05, 3.63) is 77.9 Å². The van der Waals surface area contributed by atoms with E-state index in [1.54, 1.807) is 11.0 Å². The average molecular weight is 350 g/mol. The third-order valence-corrected chi connectivity index (χ3v) is 4.03. The highest BCUT2D eigenvalue weighted by Crippen LogP contribution is 2.12. The number of nitrogens with zero attached hydrogens (tertiary/aromatic N) is 3. The number of hydrogen-bond acceptors (Lipinski definition) is 4. The van der Waals surface area contributed by atoms with Crippen molar-refractivity contribution in [2.75, 3.05) is 6.61 Å². The van der Waals surface area contributed by atoms with E-state index < -0.39 is 0 Å². The summed E-state index contributed by atoms with van der Waals surface area (Å²) < 4.78 is 7.27. The van der Waals surface area contributed by atoms with Crippen molar-refractivity contribution in [3.8, 4) is 5.75 Å². The van der Waals surface area contributed by atoms with Crippen molar-refractivity contribution in [2.45, 2.75) is 26.4 Å². The Balaban J connectivity index is 1.42. The van der Waals surface area contributed by atoms with E-state index in [2.05, 4.69) is 22.3 Å². The van der Waals surface area contributed by atoms with Crippen molar-refractivity contribution < 1.29 is 9.53 Å². The fourth-order valence-corrected chi connectivity index (χ4v) is 2.49. The van der Waals surface area contributed by atoms with Crippen LogP contribution in [0.5, 0.6) is 5.75 Å². The van der Waals surface area contributed by atoms with E-state index in [9.17, 15) is 4.79 Å². The van der Waals surface area contributed by atoms with Gasteiger partial charge in [-0.05, 0) is 35.2 Å².